The Kier molecular flexibility index (Phi) is 9.52. The molecule has 0 aliphatic carbocycles. The monoisotopic (exact) mass is 284 g/mol. The van der Waals surface area contributed by atoms with Gasteiger partial charge in [0, 0.05) is 25.9 Å². The predicted molar refractivity (Wildman–Crippen MR) is 75.3 cm³/mol. The Balaban J connectivity index is 2.27. The standard InChI is InChI=1S/C14H24N2O4/c17-13-5-3-1-2-4-6-14(18)16-8-10-20-12-11-19-9-7-15-13/h1-2H,3-12H2,(H,15,17)(H,16,18)/b2-1+. The van der Waals surface area contributed by atoms with E-state index in [1.807, 2.05) is 12.2 Å². The van der Waals surface area contributed by atoms with Gasteiger partial charge in [-0.2, -0.15) is 0 Å². The van der Waals surface area contributed by atoms with E-state index in [1.165, 1.54) is 0 Å². The molecule has 0 unspecified atom stereocenters. The van der Waals surface area contributed by atoms with Crippen molar-refractivity contribution >= 4 is 11.8 Å². The van der Waals surface area contributed by atoms with E-state index in [-0.39, 0.29) is 11.8 Å². The van der Waals surface area contributed by atoms with Gasteiger partial charge in [0.15, 0.2) is 0 Å². The van der Waals surface area contributed by atoms with Gasteiger partial charge in [0.25, 0.3) is 0 Å². The van der Waals surface area contributed by atoms with Crippen LogP contribution in [0, 0.1) is 0 Å². The van der Waals surface area contributed by atoms with E-state index in [9.17, 15) is 9.59 Å². The lowest BCUT2D eigenvalue weighted by Crippen LogP contribution is -2.28. The highest BCUT2D eigenvalue weighted by Crippen LogP contribution is 1.96. The topological polar surface area (TPSA) is 76.7 Å². The number of carbonyl (C=O) groups excluding carboxylic acids is 2. The van der Waals surface area contributed by atoms with Crippen LogP contribution in [-0.2, 0) is 19.1 Å². The number of rotatable bonds is 0. The average molecular weight is 284 g/mol. The normalized spacial score (nSPS) is 23.0. The molecule has 0 saturated carbocycles. The van der Waals surface area contributed by atoms with Crippen molar-refractivity contribution in [3.05, 3.63) is 12.2 Å². The van der Waals surface area contributed by atoms with Gasteiger partial charge < -0.3 is 20.1 Å². The lowest BCUT2D eigenvalue weighted by Gasteiger charge is -2.08. The maximum atomic E-state index is 11.4. The highest BCUT2D eigenvalue weighted by atomic mass is 16.5. The molecule has 0 bridgehead atoms. The molecule has 6 heteroatoms. The minimum Gasteiger partial charge on any atom is -0.377 e. The fourth-order valence-electron chi connectivity index (χ4n) is 1.69. The zero-order valence-electron chi connectivity index (χ0n) is 11.9. The van der Waals surface area contributed by atoms with Crippen LogP contribution in [0.1, 0.15) is 25.7 Å². The van der Waals surface area contributed by atoms with Crippen LogP contribution >= 0.6 is 0 Å². The summed E-state index contributed by atoms with van der Waals surface area (Å²) in [5.74, 6) is 0.0433. The number of nitrogens with one attached hydrogen (secondary N) is 2. The van der Waals surface area contributed by atoms with Crippen LogP contribution in [-0.4, -0.2) is 51.3 Å². The lowest BCUT2D eigenvalue weighted by atomic mass is 10.2. The van der Waals surface area contributed by atoms with Crippen LogP contribution in [0.2, 0.25) is 0 Å². The first-order valence-electron chi connectivity index (χ1n) is 7.13. The number of hydrogen-bond acceptors (Lipinski definition) is 4. The second-order valence-electron chi connectivity index (χ2n) is 4.47. The maximum Gasteiger partial charge on any atom is 0.220 e. The molecule has 2 amide bonds. The first kappa shape index (κ1) is 16.7. The summed E-state index contributed by atoms with van der Waals surface area (Å²) in [7, 11) is 0. The molecule has 1 heterocycles. The molecule has 114 valence electrons. The van der Waals surface area contributed by atoms with Gasteiger partial charge in [0.2, 0.25) is 11.8 Å². The van der Waals surface area contributed by atoms with E-state index < -0.39 is 0 Å². The summed E-state index contributed by atoms with van der Waals surface area (Å²) >= 11 is 0. The Bertz CT molecular complexity index is 288. The summed E-state index contributed by atoms with van der Waals surface area (Å²) in [4.78, 5) is 22.9. The third kappa shape index (κ3) is 9.52. The van der Waals surface area contributed by atoms with Crippen molar-refractivity contribution < 1.29 is 19.1 Å². The van der Waals surface area contributed by atoms with Crippen LogP contribution in [0.25, 0.3) is 0 Å². The van der Waals surface area contributed by atoms with E-state index in [4.69, 9.17) is 9.47 Å². The second kappa shape index (κ2) is 11.4. The van der Waals surface area contributed by atoms with Crippen molar-refractivity contribution in [3.63, 3.8) is 0 Å². The fraction of sp³-hybridized carbons (Fsp3) is 0.714. The van der Waals surface area contributed by atoms with E-state index in [1.54, 1.807) is 0 Å². The molecule has 6 nitrogen and oxygen atoms in total. The van der Waals surface area contributed by atoms with Gasteiger partial charge in [-0.25, -0.2) is 0 Å². The van der Waals surface area contributed by atoms with E-state index in [2.05, 4.69) is 10.6 Å². The van der Waals surface area contributed by atoms with Gasteiger partial charge in [-0.1, -0.05) is 12.2 Å². The minimum atomic E-state index is 0.0216. The summed E-state index contributed by atoms with van der Waals surface area (Å²) in [5.41, 5.74) is 0. The van der Waals surface area contributed by atoms with Gasteiger partial charge in [0.1, 0.15) is 0 Å². The Hall–Kier alpha value is -1.40. The Morgan fingerprint density at radius 2 is 1.20 bits per heavy atom. The van der Waals surface area contributed by atoms with E-state index in [0.717, 1.165) is 0 Å². The average Bonchev–Trinajstić information content (AvgIpc) is 2.43. The van der Waals surface area contributed by atoms with Crippen LogP contribution in [0.5, 0.6) is 0 Å². The summed E-state index contributed by atoms with van der Waals surface area (Å²) in [5, 5.41) is 5.58. The van der Waals surface area contributed by atoms with Crippen LogP contribution in [0.3, 0.4) is 0 Å². The highest BCUT2D eigenvalue weighted by Gasteiger charge is 2.01. The number of carbonyl (C=O) groups is 2. The molecule has 0 fully saturated rings. The number of amides is 2. The molecule has 0 aromatic carbocycles. The third-order valence-corrected chi connectivity index (χ3v) is 2.75. The fourth-order valence-corrected chi connectivity index (χ4v) is 1.69. The van der Waals surface area contributed by atoms with Gasteiger partial charge in [0.05, 0.1) is 26.4 Å². The number of allylic oxidation sites excluding steroid dienone is 2. The molecular weight excluding hydrogens is 260 g/mol. The zero-order chi connectivity index (χ0) is 14.5. The molecule has 20 heavy (non-hydrogen) atoms. The summed E-state index contributed by atoms with van der Waals surface area (Å²) in [6.45, 7) is 3.01. The summed E-state index contributed by atoms with van der Waals surface area (Å²) in [6.07, 6.45) is 6.20. The molecule has 2 N–H and O–H groups in total. The minimum absolute atomic E-state index is 0.0216. The van der Waals surface area contributed by atoms with Crippen molar-refractivity contribution in [2.45, 2.75) is 25.7 Å². The first-order valence-corrected chi connectivity index (χ1v) is 7.13. The molecule has 1 aliphatic rings. The molecule has 0 aromatic rings. The van der Waals surface area contributed by atoms with E-state index in [0.29, 0.717) is 65.2 Å². The molecule has 0 spiro atoms. The van der Waals surface area contributed by atoms with Crippen LogP contribution in [0.15, 0.2) is 12.2 Å². The Morgan fingerprint density at radius 1 is 0.750 bits per heavy atom. The maximum absolute atomic E-state index is 11.4. The van der Waals surface area contributed by atoms with Gasteiger partial charge in [-0.3, -0.25) is 9.59 Å². The van der Waals surface area contributed by atoms with Crippen molar-refractivity contribution in [1.29, 1.82) is 0 Å². The molecule has 0 radical (unpaired) electrons. The van der Waals surface area contributed by atoms with Gasteiger partial charge in [-0.15, -0.1) is 0 Å². The zero-order valence-corrected chi connectivity index (χ0v) is 11.9. The summed E-state index contributed by atoms with van der Waals surface area (Å²) in [6, 6.07) is 0. The highest BCUT2D eigenvalue weighted by molar-refractivity contribution is 5.76. The first-order chi connectivity index (χ1) is 9.79. The Morgan fingerprint density at radius 3 is 1.65 bits per heavy atom. The van der Waals surface area contributed by atoms with Crippen molar-refractivity contribution in [1.82, 2.24) is 10.6 Å². The van der Waals surface area contributed by atoms with Crippen LogP contribution in [0.4, 0.5) is 0 Å². The van der Waals surface area contributed by atoms with Crippen LogP contribution < -0.4 is 10.6 Å². The van der Waals surface area contributed by atoms with Crippen molar-refractivity contribution in [2.24, 2.45) is 0 Å². The summed E-state index contributed by atoms with van der Waals surface area (Å²) < 4.78 is 10.6. The molecule has 1 rings (SSSR count). The second-order valence-corrected chi connectivity index (χ2v) is 4.47. The SMILES string of the molecule is O=C1CC/C=C/CCC(=O)NCCOCCOCCN1. The van der Waals surface area contributed by atoms with E-state index >= 15 is 0 Å². The number of ether oxygens (including phenoxy) is 2. The third-order valence-electron chi connectivity index (χ3n) is 2.75. The van der Waals surface area contributed by atoms with Crippen molar-refractivity contribution in [3.8, 4) is 0 Å². The smallest absolute Gasteiger partial charge is 0.220 e. The largest absolute Gasteiger partial charge is 0.377 e. The van der Waals surface area contributed by atoms with Gasteiger partial charge >= 0.3 is 0 Å². The molecular formula is C14H24N2O4. The Labute approximate surface area is 119 Å². The molecule has 0 saturated heterocycles. The quantitative estimate of drug-likeness (QED) is 0.631. The molecule has 0 aromatic heterocycles. The van der Waals surface area contributed by atoms with Crippen molar-refractivity contribution in [2.75, 3.05) is 39.5 Å². The predicted octanol–water partition coefficient (Wildman–Crippen LogP) is 0.382. The van der Waals surface area contributed by atoms with Gasteiger partial charge in [-0.05, 0) is 12.8 Å². The molecule has 0 atom stereocenters. The number of hydrogen-bond donors (Lipinski definition) is 2. The molecule has 1 aliphatic heterocycles. The lowest BCUT2D eigenvalue weighted by molar-refractivity contribution is -0.122.